The van der Waals surface area contributed by atoms with Crippen molar-refractivity contribution in [1.29, 1.82) is 0 Å². The molecule has 1 amide bonds. The second-order valence-corrected chi connectivity index (χ2v) is 5.09. The molecule has 0 atom stereocenters. The number of hydrogen-bond donors (Lipinski definition) is 2. The lowest BCUT2D eigenvalue weighted by molar-refractivity contribution is -0.116. The van der Waals surface area contributed by atoms with Gasteiger partial charge < -0.3 is 10.6 Å². The van der Waals surface area contributed by atoms with Gasteiger partial charge in [-0.3, -0.25) is 4.79 Å². The molecule has 0 aliphatic heterocycles. The van der Waals surface area contributed by atoms with Gasteiger partial charge in [0.1, 0.15) is 0 Å². The summed E-state index contributed by atoms with van der Waals surface area (Å²) < 4.78 is 0.911. The highest BCUT2D eigenvalue weighted by Gasteiger charge is 2.04. The van der Waals surface area contributed by atoms with E-state index in [4.69, 9.17) is 0 Å². The molecule has 0 fully saturated rings. The van der Waals surface area contributed by atoms with Gasteiger partial charge in [0.2, 0.25) is 5.91 Å². The largest absolute Gasteiger partial charge is 0.325 e. The third kappa shape index (κ3) is 5.84. The van der Waals surface area contributed by atoms with Crippen LogP contribution in [-0.2, 0) is 4.79 Å². The third-order valence-corrected chi connectivity index (χ3v) is 2.97. The lowest BCUT2D eigenvalue weighted by atomic mass is 10.2. The Labute approximate surface area is 111 Å². The van der Waals surface area contributed by atoms with Crippen LogP contribution >= 0.6 is 15.9 Å². The van der Waals surface area contributed by atoms with E-state index in [0.29, 0.717) is 12.5 Å². The summed E-state index contributed by atoms with van der Waals surface area (Å²) in [6.07, 6.45) is 1.40. The van der Waals surface area contributed by atoms with E-state index in [9.17, 15) is 4.79 Å². The van der Waals surface area contributed by atoms with Crippen molar-refractivity contribution in [3.63, 3.8) is 0 Å². The maximum Gasteiger partial charge on any atom is 0.224 e. The zero-order chi connectivity index (χ0) is 12.7. The second kappa shape index (κ2) is 7.45. The van der Waals surface area contributed by atoms with Gasteiger partial charge in [0, 0.05) is 16.9 Å². The molecule has 0 saturated heterocycles. The van der Waals surface area contributed by atoms with Gasteiger partial charge >= 0.3 is 0 Å². The molecule has 0 aliphatic carbocycles. The highest BCUT2D eigenvalue weighted by molar-refractivity contribution is 9.10. The maximum absolute atomic E-state index is 11.6. The van der Waals surface area contributed by atoms with Crippen LogP contribution in [0.25, 0.3) is 0 Å². The summed E-state index contributed by atoms with van der Waals surface area (Å²) in [6, 6.07) is 8.10. The zero-order valence-corrected chi connectivity index (χ0v) is 11.9. The summed E-state index contributed by atoms with van der Waals surface area (Å²) >= 11 is 3.40. The van der Waals surface area contributed by atoms with Crippen LogP contribution in [0.15, 0.2) is 28.7 Å². The molecule has 2 N–H and O–H groups in total. The fraction of sp³-hybridized carbons (Fsp3) is 0.462. The number of halogens is 1. The first-order chi connectivity index (χ1) is 8.09. The van der Waals surface area contributed by atoms with Gasteiger partial charge in [0.05, 0.1) is 5.69 Å². The fourth-order valence-electron chi connectivity index (χ4n) is 1.41. The van der Waals surface area contributed by atoms with Crippen molar-refractivity contribution in [2.24, 2.45) is 0 Å². The number of amides is 1. The van der Waals surface area contributed by atoms with Gasteiger partial charge in [-0.25, -0.2) is 0 Å². The van der Waals surface area contributed by atoms with Crippen molar-refractivity contribution >= 4 is 27.5 Å². The summed E-state index contributed by atoms with van der Waals surface area (Å²) in [4.78, 5) is 11.6. The normalized spacial score (nSPS) is 10.6. The van der Waals surface area contributed by atoms with Crippen molar-refractivity contribution < 1.29 is 4.79 Å². The summed E-state index contributed by atoms with van der Waals surface area (Å²) in [5, 5.41) is 6.17. The van der Waals surface area contributed by atoms with Crippen molar-refractivity contribution in [2.75, 3.05) is 11.9 Å². The Morgan fingerprint density at radius 3 is 2.71 bits per heavy atom. The van der Waals surface area contributed by atoms with E-state index in [1.807, 2.05) is 24.3 Å². The van der Waals surface area contributed by atoms with Crippen LogP contribution in [0.4, 0.5) is 5.69 Å². The van der Waals surface area contributed by atoms with Crippen LogP contribution in [0.2, 0.25) is 0 Å². The maximum atomic E-state index is 11.6. The Balaban J connectivity index is 2.28. The Kier molecular flexibility index (Phi) is 6.22. The molecule has 0 bridgehead atoms. The topological polar surface area (TPSA) is 41.1 Å². The third-order valence-electron chi connectivity index (χ3n) is 2.28. The Morgan fingerprint density at radius 2 is 2.06 bits per heavy atom. The van der Waals surface area contributed by atoms with E-state index in [1.54, 1.807) is 0 Å². The van der Waals surface area contributed by atoms with Crippen molar-refractivity contribution in [1.82, 2.24) is 5.32 Å². The van der Waals surface area contributed by atoms with Crippen molar-refractivity contribution in [3.05, 3.63) is 28.7 Å². The van der Waals surface area contributed by atoms with Gasteiger partial charge in [-0.1, -0.05) is 26.0 Å². The molecule has 17 heavy (non-hydrogen) atoms. The molecule has 94 valence electrons. The number of carbonyl (C=O) groups excluding carboxylic acids is 1. The highest BCUT2D eigenvalue weighted by Crippen LogP contribution is 2.21. The van der Waals surface area contributed by atoms with Crippen LogP contribution in [0.1, 0.15) is 26.7 Å². The summed E-state index contributed by atoms with van der Waals surface area (Å²) in [5.74, 6) is 0.0578. The highest BCUT2D eigenvalue weighted by atomic mass is 79.9. The van der Waals surface area contributed by atoms with E-state index >= 15 is 0 Å². The van der Waals surface area contributed by atoms with Crippen molar-refractivity contribution in [3.8, 4) is 0 Å². The second-order valence-electron chi connectivity index (χ2n) is 4.24. The van der Waals surface area contributed by atoms with Crippen LogP contribution < -0.4 is 10.6 Å². The smallest absolute Gasteiger partial charge is 0.224 e. The molecule has 1 aromatic carbocycles. The molecule has 3 nitrogen and oxygen atoms in total. The summed E-state index contributed by atoms with van der Waals surface area (Å²) in [6.45, 7) is 5.07. The summed E-state index contributed by atoms with van der Waals surface area (Å²) in [7, 11) is 0. The molecule has 1 aromatic rings. The predicted molar refractivity (Wildman–Crippen MR) is 75.1 cm³/mol. The van der Waals surface area contributed by atoms with Crippen LogP contribution in [0.5, 0.6) is 0 Å². The quantitative estimate of drug-likeness (QED) is 0.792. The van der Waals surface area contributed by atoms with Crippen molar-refractivity contribution in [2.45, 2.75) is 32.7 Å². The Morgan fingerprint density at radius 1 is 1.35 bits per heavy atom. The minimum atomic E-state index is 0.0578. The lowest BCUT2D eigenvalue weighted by Crippen LogP contribution is -2.24. The van der Waals surface area contributed by atoms with Gasteiger partial charge in [-0.05, 0) is 41.0 Å². The molecule has 0 unspecified atom stereocenters. The number of carbonyl (C=O) groups is 1. The van der Waals surface area contributed by atoms with E-state index in [2.05, 4.69) is 40.4 Å². The molecule has 4 heteroatoms. The van der Waals surface area contributed by atoms with Gasteiger partial charge in [-0.2, -0.15) is 0 Å². The van der Waals surface area contributed by atoms with Crippen LogP contribution in [0, 0.1) is 0 Å². The number of hydrogen-bond acceptors (Lipinski definition) is 2. The predicted octanol–water partition coefficient (Wildman–Crippen LogP) is 3.17. The number of benzene rings is 1. The number of anilines is 1. The molecule has 0 saturated carbocycles. The molecule has 0 radical (unpaired) electrons. The SMILES string of the molecule is CC(C)NCCCC(=O)Nc1ccccc1Br. The Bertz CT molecular complexity index is 366. The van der Waals surface area contributed by atoms with E-state index < -0.39 is 0 Å². The fourth-order valence-corrected chi connectivity index (χ4v) is 1.80. The minimum absolute atomic E-state index is 0.0578. The molecule has 0 aromatic heterocycles. The number of nitrogens with one attached hydrogen (secondary N) is 2. The van der Waals surface area contributed by atoms with Gasteiger partial charge in [-0.15, -0.1) is 0 Å². The first-order valence-corrected chi connectivity index (χ1v) is 6.66. The molecule has 1 rings (SSSR count). The Hall–Kier alpha value is -0.870. The lowest BCUT2D eigenvalue weighted by Gasteiger charge is -2.09. The average molecular weight is 299 g/mol. The van der Waals surface area contributed by atoms with Gasteiger partial charge in [0.25, 0.3) is 0 Å². The monoisotopic (exact) mass is 298 g/mol. The molecular weight excluding hydrogens is 280 g/mol. The van der Waals surface area contributed by atoms with E-state index in [1.165, 1.54) is 0 Å². The minimum Gasteiger partial charge on any atom is -0.325 e. The first-order valence-electron chi connectivity index (χ1n) is 5.87. The first kappa shape index (κ1) is 14.2. The van der Waals surface area contributed by atoms with E-state index in [0.717, 1.165) is 23.1 Å². The van der Waals surface area contributed by atoms with Crippen LogP contribution in [-0.4, -0.2) is 18.5 Å². The molecule has 0 heterocycles. The van der Waals surface area contributed by atoms with Crippen LogP contribution in [0.3, 0.4) is 0 Å². The molecule has 0 aliphatic rings. The molecule has 0 spiro atoms. The standard InChI is InChI=1S/C13H19BrN2O/c1-10(2)15-9-5-8-13(17)16-12-7-4-3-6-11(12)14/h3-4,6-7,10,15H,5,8-9H2,1-2H3,(H,16,17). The number of rotatable bonds is 6. The number of para-hydroxylation sites is 1. The zero-order valence-electron chi connectivity index (χ0n) is 10.3. The van der Waals surface area contributed by atoms with E-state index in [-0.39, 0.29) is 5.91 Å². The molecular formula is C13H19BrN2O. The average Bonchev–Trinajstić information content (AvgIpc) is 2.27. The van der Waals surface area contributed by atoms with Gasteiger partial charge in [0.15, 0.2) is 0 Å². The summed E-state index contributed by atoms with van der Waals surface area (Å²) in [5.41, 5.74) is 0.828.